The van der Waals surface area contributed by atoms with Crippen LogP contribution in [0.2, 0.25) is 5.02 Å². The molecule has 2 atom stereocenters. The van der Waals surface area contributed by atoms with Gasteiger partial charge in [0.1, 0.15) is 12.1 Å². The first kappa shape index (κ1) is 21.4. The Bertz CT molecular complexity index is 948. The van der Waals surface area contributed by atoms with Crippen LogP contribution in [0.25, 0.3) is 0 Å². The molecular formula is C24H26ClN3O3. The summed E-state index contributed by atoms with van der Waals surface area (Å²) < 4.78 is 0. The van der Waals surface area contributed by atoms with Crippen LogP contribution in [0.4, 0.5) is 0 Å². The van der Waals surface area contributed by atoms with Gasteiger partial charge in [-0.2, -0.15) is 0 Å². The van der Waals surface area contributed by atoms with E-state index >= 15 is 0 Å². The molecule has 2 saturated heterocycles. The lowest BCUT2D eigenvalue weighted by atomic mass is 10.1. The molecule has 0 radical (unpaired) electrons. The zero-order valence-electron chi connectivity index (χ0n) is 17.3. The molecule has 0 aromatic heterocycles. The summed E-state index contributed by atoms with van der Waals surface area (Å²) in [4.78, 5) is 42.5. The largest absolute Gasteiger partial charge is 0.350 e. The number of hydrogen-bond acceptors (Lipinski definition) is 3. The molecule has 1 N–H and O–H groups in total. The number of benzene rings is 2. The Morgan fingerprint density at radius 2 is 1.52 bits per heavy atom. The van der Waals surface area contributed by atoms with E-state index in [9.17, 15) is 14.4 Å². The van der Waals surface area contributed by atoms with E-state index in [1.54, 1.807) is 34.1 Å². The Kier molecular flexibility index (Phi) is 6.56. The van der Waals surface area contributed by atoms with Gasteiger partial charge in [-0.3, -0.25) is 14.4 Å². The van der Waals surface area contributed by atoms with Gasteiger partial charge < -0.3 is 15.1 Å². The normalized spacial score (nSPS) is 20.7. The third-order valence-electron chi connectivity index (χ3n) is 6.04. The highest BCUT2D eigenvalue weighted by Crippen LogP contribution is 2.26. The number of carbonyl (C=O) groups excluding carboxylic acids is 3. The number of nitrogens with zero attached hydrogens (tertiary/aromatic N) is 2. The molecule has 2 aliphatic rings. The van der Waals surface area contributed by atoms with Crippen molar-refractivity contribution in [3.8, 4) is 0 Å². The fourth-order valence-corrected chi connectivity index (χ4v) is 4.55. The summed E-state index contributed by atoms with van der Waals surface area (Å²) >= 11 is 5.93. The van der Waals surface area contributed by atoms with Crippen LogP contribution in [-0.2, 0) is 16.1 Å². The Hall–Kier alpha value is -2.86. The van der Waals surface area contributed by atoms with Crippen LogP contribution in [0.15, 0.2) is 54.6 Å². The first-order valence-electron chi connectivity index (χ1n) is 10.7. The van der Waals surface area contributed by atoms with Crippen LogP contribution < -0.4 is 5.32 Å². The monoisotopic (exact) mass is 439 g/mol. The van der Waals surface area contributed by atoms with E-state index in [-0.39, 0.29) is 17.7 Å². The van der Waals surface area contributed by atoms with Crippen LogP contribution >= 0.6 is 11.6 Å². The minimum atomic E-state index is -0.522. The lowest BCUT2D eigenvalue weighted by Gasteiger charge is -2.31. The highest BCUT2D eigenvalue weighted by molar-refractivity contribution is 6.30. The van der Waals surface area contributed by atoms with Gasteiger partial charge in [0, 0.05) is 30.2 Å². The molecule has 0 aliphatic carbocycles. The molecule has 2 fully saturated rings. The standard InChI is InChI=1S/C24H26ClN3O3/c25-19-12-10-18(11-13-19)23(30)28-15-5-9-21(28)24(31)27-14-4-8-20(27)22(29)26-16-17-6-2-1-3-7-17/h1-3,6-7,10-13,20-21H,4-5,8-9,14-16H2,(H,26,29)/t20-,21-/m1/s1. The lowest BCUT2D eigenvalue weighted by Crippen LogP contribution is -2.52. The minimum Gasteiger partial charge on any atom is -0.350 e. The zero-order valence-corrected chi connectivity index (χ0v) is 18.1. The molecule has 7 heteroatoms. The molecule has 0 saturated carbocycles. The summed E-state index contributed by atoms with van der Waals surface area (Å²) in [6.07, 6.45) is 2.82. The van der Waals surface area contributed by atoms with Crippen molar-refractivity contribution in [2.75, 3.05) is 13.1 Å². The van der Waals surface area contributed by atoms with Gasteiger partial charge in [-0.05, 0) is 55.5 Å². The van der Waals surface area contributed by atoms with Crippen molar-refractivity contribution in [3.05, 3.63) is 70.7 Å². The second kappa shape index (κ2) is 9.52. The van der Waals surface area contributed by atoms with Crippen molar-refractivity contribution >= 4 is 29.3 Å². The van der Waals surface area contributed by atoms with Crippen molar-refractivity contribution in [2.45, 2.75) is 44.3 Å². The fourth-order valence-electron chi connectivity index (χ4n) is 4.42. The third-order valence-corrected chi connectivity index (χ3v) is 6.29. The van der Waals surface area contributed by atoms with E-state index in [0.29, 0.717) is 43.1 Å². The summed E-state index contributed by atoms with van der Waals surface area (Å²) in [6, 6.07) is 15.4. The quantitative estimate of drug-likeness (QED) is 0.777. The Morgan fingerprint density at radius 3 is 2.23 bits per heavy atom. The van der Waals surface area contributed by atoms with E-state index in [1.807, 2.05) is 30.3 Å². The number of nitrogens with one attached hydrogen (secondary N) is 1. The van der Waals surface area contributed by atoms with Gasteiger partial charge in [-0.25, -0.2) is 0 Å². The number of amides is 3. The van der Waals surface area contributed by atoms with Crippen molar-refractivity contribution in [1.29, 1.82) is 0 Å². The van der Waals surface area contributed by atoms with Crippen molar-refractivity contribution in [3.63, 3.8) is 0 Å². The summed E-state index contributed by atoms with van der Waals surface area (Å²) in [5.74, 6) is -0.433. The highest BCUT2D eigenvalue weighted by Gasteiger charge is 2.42. The fraction of sp³-hybridized carbons (Fsp3) is 0.375. The number of hydrogen-bond donors (Lipinski definition) is 1. The van der Waals surface area contributed by atoms with Crippen molar-refractivity contribution in [2.24, 2.45) is 0 Å². The SMILES string of the molecule is O=C(NCc1ccccc1)[C@H]1CCCN1C(=O)[C@H]1CCCN1C(=O)c1ccc(Cl)cc1. The van der Waals surface area contributed by atoms with E-state index in [0.717, 1.165) is 18.4 Å². The highest BCUT2D eigenvalue weighted by atomic mass is 35.5. The Balaban J connectivity index is 1.42. The van der Waals surface area contributed by atoms with E-state index in [2.05, 4.69) is 5.32 Å². The van der Waals surface area contributed by atoms with E-state index < -0.39 is 12.1 Å². The predicted octanol–water partition coefficient (Wildman–Crippen LogP) is 3.25. The molecule has 0 spiro atoms. The van der Waals surface area contributed by atoms with Crippen LogP contribution in [0.5, 0.6) is 0 Å². The minimum absolute atomic E-state index is 0.128. The molecule has 0 unspecified atom stereocenters. The molecule has 6 nitrogen and oxygen atoms in total. The topological polar surface area (TPSA) is 69.7 Å². The molecule has 31 heavy (non-hydrogen) atoms. The first-order valence-corrected chi connectivity index (χ1v) is 11.1. The molecular weight excluding hydrogens is 414 g/mol. The number of carbonyl (C=O) groups is 3. The molecule has 3 amide bonds. The third kappa shape index (κ3) is 4.74. The van der Waals surface area contributed by atoms with Gasteiger partial charge in [0.15, 0.2) is 0 Å². The Labute approximate surface area is 187 Å². The first-order chi connectivity index (χ1) is 15.0. The van der Waals surface area contributed by atoms with Crippen LogP contribution in [0.3, 0.4) is 0 Å². The van der Waals surface area contributed by atoms with Gasteiger partial charge in [-0.15, -0.1) is 0 Å². The van der Waals surface area contributed by atoms with Crippen LogP contribution in [0, 0.1) is 0 Å². The molecule has 2 aromatic rings. The lowest BCUT2D eigenvalue weighted by molar-refractivity contribution is -0.141. The van der Waals surface area contributed by atoms with Crippen LogP contribution in [-0.4, -0.2) is 52.7 Å². The average Bonchev–Trinajstić information content (AvgIpc) is 3.48. The summed E-state index contributed by atoms with van der Waals surface area (Å²) in [5, 5.41) is 3.52. The number of likely N-dealkylation sites (tertiary alicyclic amines) is 2. The van der Waals surface area contributed by atoms with Gasteiger partial charge in [0.25, 0.3) is 5.91 Å². The molecule has 162 valence electrons. The zero-order chi connectivity index (χ0) is 21.8. The number of rotatable bonds is 5. The van der Waals surface area contributed by atoms with Crippen molar-refractivity contribution in [1.82, 2.24) is 15.1 Å². The molecule has 0 bridgehead atoms. The van der Waals surface area contributed by atoms with Gasteiger partial charge in [-0.1, -0.05) is 41.9 Å². The summed E-state index contributed by atoms with van der Waals surface area (Å²) in [6.45, 7) is 1.51. The second-order valence-electron chi connectivity index (χ2n) is 8.06. The van der Waals surface area contributed by atoms with Crippen molar-refractivity contribution < 1.29 is 14.4 Å². The van der Waals surface area contributed by atoms with E-state index in [4.69, 9.17) is 11.6 Å². The Morgan fingerprint density at radius 1 is 0.871 bits per heavy atom. The summed E-state index contributed by atoms with van der Waals surface area (Å²) in [7, 11) is 0. The smallest absolute Gasteiger partial charge is 0.254 e. The van der Waals surface area contributed by atoms with Gasteiger partial charge in [0.2, 0.25) is 11.8 Å². The molecule has 2 aliphatic heterocycles. The average molecular weight is 440 g/mol. The maximum atomic E-state index is 13.4. The maximum absolute atomic E-state index is 13.4. The predicted molar refractivity (Wildman–Crippen MR) is 119 cm³/mol. The van der Waals surface area contributed by atoms with Gasteiger partial charge in [0.05, 0.1) is 0 Å². The van der Waals surface area contributed by atoms with E-state index in [1.165, 1.54) is 0 Å². The van der Waals surface area contributed by atoms with Gasteiger partial charge >= 0.3 is 0 Å². The second-order valence-corrected chi connectivity index (χ2v) is 8.49. The maximum Gasteiger partial charge on any atom is 0.254 e. The molecule has 2 heterocycles. The van der Waals surface area contributed by atoms with Crippen LogP contribution in [0.1, 0.15) is 41.6 Å². The molecule has 2 aromatic carbocycles. The number of halogens is 1. The summed E-state index contributed by atoms with van der Waals surface area (Å²) in [5.41, 5.74) is 1.53. The molecule has 4 rings (SSSR count).